The lowest BCUT2D eigenvalue weighted by atomic mass is 9.94. The Kier molecular flexibility index (Phi) is 6.14. The number of carbonyl (C=O) groups is 2. The fourth-order valence-electron chi connectivity index (χ4n) is 3.86. The van der Waals surface area contributed by atoms with E-state index in [9.17, 15) is 9.59 Å². The van der Waals surface area contributed by atoms with Gasteiger partial charge in [0.15, 0.2) is 0 Å². The van der Waals surface area contributed by atoms with Gasteiger partial charge in [-0.15, -0.1) is 0 Å². The van der Waals surface area contributed by atoms with Gasteiger partial charge in [-0.05, 0) is 31.5 Å². The predicted molar refractivity (Wildman–Crippen MR) is 100 cm³/mol. The molecule has 26 heavy (non-hydrogen) atoms. The van der Waals surface area contributed by atoms with E-state index in [4.69, 9.17) is 4.74 Å². The summed E-state index contributed by atoms with van der Waals surface area (Å²) in [5.41, 5.74) is 0.593. The minimum absolute atomic E-state index is 0.00934. The lowest BCUT2D eigenvalue weighted by molar-refractivity contribution is -0.138. The van der Waals surface area contributed by atoms with Crippen LogP contribution in [0.1, 0.15) is 30.1 Å². The molecule has 0 saturated carbocycles. The highest BCUT2D eigenvalue weighted by molar-refractivity contribution is 5.97. The quantitative estimate of drug-likeness (QED) is 0.821. The molecule has 0 unspecified atom stereocenters. The molecule has 2 aliphatic rings. The summed E-state index contributed by atoms with van der Waals surface area (Å²) in [6.07, 6.45) is 1.49. The zero-order valence-corrected chi connectivity index (χ0v) is 15.8. The van der Waals surface area contributed by atoms with Gasteiger partial charge in [0.1, 0.15) is 5.75 Å². The topological polar surface area (TPSA) is 53.1 Å². The maximum absolute atomic E-state index is 12.8. The Balaban J connectivity index is 1.54. The maximum Gasteiger partial charge on any atom is 0.257 e. The Morgan fingerprint density at radius 2 is 1.65 bits per heavy atom. The number of carbonyl (C=O) groups excluding carboxylic acids is 2. The van der Waals surface area contributed by atoms with Crippen LogP contribution in [0.15, 0.2) is 24.3 Å². The summed E-state index contributed by atoms with van der Waals surface area (Å²) in [6.45, 7) is 8.04. The highest BCUT2D eigenvalue weighted by atomic mass is 16.5. The molecule has 6 nitrogen and oxygen atoms in total. The molecular weight excluding hydrogens is 330 g/mol. The van der Waals surface area contributed by atoms with E-state index in [1.807, 2.05) is 21.9 Å². The fourth-order valence-corrected chi connectivity index (χ4v) is 3.86. The first kappa shape index (κ1) is 18.7. The van der Waals surface area contributed by atoms with Crippen molar-refractivity contribution in [1.29, 1.82) is 0 Å². The SMILES string of the molecule is CCN1CCN(C(=O)C2CCN(C(=O)c3ccccc3OC)CC2)CC1. The van der Waals surface area contributed by atoms with Crippen molar-refractivity contribution < 1.29 is 14.3 Å². The second kappa shape index (κ2) is 8.54. The summed E-state index contributed by atoms with van der Waals surface area (Å²) in [5, 5.41) is 0. The van der Waals surface area contributed by atoms with Gasteiger partial charge < -0.3 is 19.4 Å². The lowest BCUT2D eigenvalue weighted by Gasteiger charge is -2.38. The number of para-hydroxylation sites is 1. The second-order valence-electron chi connectivity index (χ2n) is 7.03. The summed E-state index contributed by atoms with van der Waals surface area (Å²) in [4.78, 5) is 31.8. The van der Waals surface area contributed by atoms with Crippen LogP contribution in [0.5, 0.6) is 5.75 Å². The lowest BCUT2D eigenvalue weighted by Crippen LogP contribution is -2.51. The molecule has 0 atom stereocenters. The molecule has 1 aromatic rings. The zero-order valence-electron chi connectivity index (χ0n) is 15.8. The number of nitrogens with zero attached hydrogens (tertiary/aromatic N) is 3. The molecule has 0 radical (unpaired) electrons. The monoisotopic (exact) mass is 359 g/mol. The number of piperidine rings is 1. The van der Waals surface area contributed by atoms with E-state index in [2.05, 4.69) is 11.8 Å². The third kappa shape index (κ3) is 4.01. The van der Waals surface area contributed by atoms with Crippen LogP contribution in [0.3, 0.4) is 0 Å². The molecule has 2 fully saturated rings. The van der Waals surface area contributed by atoms with Crippen molar-refractivity contribution in [2.45, 2.75) is 19.8 Å². The third-order valence-electron chi connectivity index (χ3n) is 5.60. The van der Waals surface area contributed by atoms with Crippen molar-refractivity contribution in [3.63, 3.8) is 0 Å². The standard InChI is InChI=1S/C20H29N3O3/c1-3-21-12-14-23(15-13-21)19(24)16-8-10-22(11-9-16)20(25)17-6-4-5-7-18(17)26-2/h4-7,16H,3,8-15H2,1-2H3. The van der Waals surface area contributed by atoms with E-state index < -0.39 is 0 Å². The van der Waals surface area contributed by atoms with Gasteiger partial charge in [-0.3, -0.25) is 9.59 Å². The number of likely N-dealkylation sites (N-methyl/N-ethyl adjacent to an activating group) is 1. The van der Waals surface area contributed by atoms with Gasteiger partial charge in [-0.2, -0.15) is 0 Å². The summed E-state index contributed by atoms with van der Waals surface area (Å²) in [7, 11) is 1.58. The average molecular weight is 359 g/mol. The van der Waals surface area contributed by atoms with Crippen molar-refractivity contribution in [3.8, 4) is 5.75 Å². The molecular formula is C20H29N3O3. The molecule has 2 amide bonds. The van der Waals surface area contributed by atoms with Crippen LogP contribution in [0, 0.1) is 5.92 Å². The molecule has 0 N–H and O–H groups in total. The van der Waals surface area contributed by atoms with Gasteiger partial charge in [-0.25, -0.2) is 0 Å². The number of benzene rings is 1. The second-order valence-corrected chi connectivity index (χ2v) is 7.03. The van der Waals surface area contributed by atoms with Crippen LogP contribution in [0.4, 0.5) is 0 Å². The normalized spacial score (nSPS) is 19.5. The van der Waals surface area contributed by atoms with Crippen LogP contribution in [-0.4, -0.2) is 79.4 Å². The Morgan fingerprint density at radius 3 is 2.27 bits per heavy atom. The molecule has 0 spiro atoms. The summed E-state index contributed by atoms with van der Waals surface area (Å²) < 4.78 is 5.30. The Hall–Kier alpha value is -2.08. The summed E-state index contributed by atoms with van der Waals surface area (Å²) in [6, 6.07) is 7.31. The van der Waals surface area contributed by atoms with Gasteiger partial charge >= 0.3 is 0 Å². The Labute approximate surface area is 155 Å². The molecule has 0 aliphatic carbocycles. The number of hydrogen-bond donors (Lipinski definition) is 0. The number of amides is 2. The first-order valence-corrected chi connectivity index (χ1v) is 9.57. The maximum atomic E-state index is 12.8. The van der Waals surface area contributed by atoms with E-state index in [1.165, 1.54) is 0 Å². The fraction of sp³-hybridized carbons (Fsp3) is 0.600. The van der Waals surface area contributed by atoms with Crippen LogP contribution < -0.4 is 4.74 Å². The number of ether oxygens (including phenoxy) is 1. The van der Waals surface area contributed by atoms with Crippen molar-refractivity contribution in [2.24, 2.45) is 5.92 Å². The number of hydrogen-bond acceptors (Lipinski definition) is 4. The van der Waals surface area contributed by atoms with Gasteiger partial charge in [0.05, 0.1) is 12.7 Å². The zero-order chi connectivity index (χ0) is 18.5. The Morgan fingerprint density at radius 1 is 1.00 bits per heavy atom. The first-order valence-electron chi connectivity index (χ1n) is 9.57. The van der Waals surface area contributed by atoms with Gasteiger partial charge in [-0.1, -0.05) is 19.1 Å². The van der Waals surface area contributed by atoms with E-state index in [1.54, 1.807) is 19.2 Å². The largest absolute Gasteiger partial charge is 0.496 e. The van der Waals surface area contributed by atoms with Gasteiger partial charge in [0.2, 0.25) is 5.91 Å². The Bertz CT molecular complexity index is 633. The third-order valence-corrected chi connectivity index (χ3v) is 5.60. The molecule has 0 bridgehead atoms. The molecule has 2 aliphatic heterocycles. The molecule has 0 aromatic heterocycles. The van der Waals surface area contributed by atoms with E-state index >= 15 is 0 Å². The first-order chi connectivity index (χ1) is 12.6. The van der Waals surface area contributed by atoms with Crippen molar-refractivity contribution in [2.75, 3.05) is 52.9 Å². The van der Waals surface area contributed by atoms with Crippen LogP contribution in [-0.2, 0) is 4.79 Å². The highest BCUT2D eigenvalue weighted by Crippen LogP contribution is 2.25. The smallest absolute Gasteiger partial charge is 0.257 e. The molecule has 142 valence electrons. The average Bonchev–Trinajstić information content (AvgIpc) is 2.73. The van der Waals surface area contributed by atoms with E-state index in [0.717, 1.165) is 45.6 Å². The van der Waals surface area contributed by atoms with Crippen molar-refractivity contribution in [1.82, 2.24) is 14.7 Å². The number of rotatable bonds is 4. The van der Waals surface area contributed by atoms with Crippen molar-refractivity contribution in [3.05, 3.63) is 29.8 Å². The minimum atomic E-state index is -0.00934. The number of likely N-dealkylation sites (tertiary alicyclic amines) is 1. The van der Waals surface area contributed by atoms with Gasteiger partial charge in [0.25, 0.3) is 5.91 Å². The summed E-state index contributed by atoms with van der Waals surface area (Å²) in [5.74, 6) is 0.907. The van der Waals surface area contributed by atoms with Crippen molar-refractivity contribution >= 4 is 11.8 Å². The summed E-state index contributed by atoms with van der Waals surface area (Å²) >= 11 is 0. The van der Waals surface area contributed by atoms with E-state index in [0.29, 0.717) is 24.4 Å². The minimum Gasteiger partial charge on any atom is -0.496 e. The van der Waals surface area contributed by atoms with Crippen LogP contribution in [0.25, 0.3) is 0 Å². The highest BCUT2D eigenvalue weighted by Gasteiger charge is 2.32. The number of piperazine rings is 1. The number of methoxy groups -OCH3 is 1. The molecule has 2 saturated heterocycles. The molecule has 1 aromatic carbocycles. The van der Waals surface area contributed by atoms with Crippen LogP contribution >= 0.6 is 0 Å². The molecule has 6 heteroatoms. The van der Waals surface area contributed by atoms with E-state index in [-0.39, 0.29) is 17.7 Å². The molecule has 2 heterocycles. The van der Waals surface area contributed by atoms with Gasteiger partial charge in [0, 0.05) is 45.2 Å². The molecule has 3 rings (SSSR count). The predicted octanol–water partition coefficient (Wildman–Crippen LogP) is 1.71. The van der Waals surface area contributed by atoms with Crippen LogP contribution in [0.2, 0.25) is 0 Å².